The monoisotopic (exact) mass is 146 g/mol. The third-order valence-corrected chi connectivity index (χ3v) is 6.85. The van der Waals surface area contributed by atoms with Crippen LogP contribution in [-0.2, 0) is 8.92 Å². The molecule has 0 bridgehead atoms. The molecule has 0 aromatic carbocycles. The Kier molecular flexibility index (Phi) is 3.98. The van der Waals surface area contributed by atoms with E-state index in [4.69, 9.17) is 0 Å². The van der Waals surface area contributed by atoms with Crippen molar-refractivity contribution in [3.05, 3.63) is 0 Å². The molecule has 0 radical (unpaired) electrons. The second kappa shape index (κ2) is 3.97. The molecule has 0 atom stereocenters. The van der Waals surface area contributed by atoms with Gasteiger partial charge in [0, 0.05) is 0 Å². The second-order valence-corrected chi connectivity index (χ2v) is 8.01. The van der Waals surface area contributed by atoms with Crippen molar-refractivity contribution in [2.45, 2.75) is 25.9 Å². The Balaban J connectivity index is 3.64. The summed E-state index contributed by atoms with van der Waals surface area (Å²) >= 11 is 0. The molecule has 0 aromatic rings. The van der Waals surface area contributed by atoms with Crippen molar-refractivity contribution in [1.29, 1.82) is 0 Å². The lowest BCUT2D eigenvalue weighted by Crippen LogP contribution is -2.15. The van der Waals surface area contributed by atoms with Crippen LogP contribution in [0.15, 0.2) is 0 Å². The molecule has 0 fully saturated rings. The first-order chi connectivity index (χ1) is 3.72. The van der Waals surface area contributed by atoms with Crippen LogP contribution in [0, 0.1) is 0 Å². The van der Waals surface area contributed by atoms with Crippen LogP contribution < -0.4 is 0 Å². The molecule has 2 nitrogen and oxygen atoms in total. The first-order valence-electron chi connectivity index (χ1n) is 2.78. The van der Waals surface area contributed by atoms with Gasteiger partial charge in [0.05, 0.1) is 0 Å². The average Bonchev–Trinajstić information content (AvgIpc) is 1.84. The number of hydrogen-bond acceptors (Lipinski definition) is 2. The summed E-state index contributed by atoms with van der Waals surface area (Å²) in [7, 11) is -3.32. The summed E-state index contributed by atoms with van der Waals surface area (Å²) in [4.78, 5) is 0. The third kappa shape index (κ3) is 2.37. The quantitative estimate of drug-likeness (QED) is 0.556. The summed E-state index contributed by atoms with van der Waals surface area (Å²) < 4.78 is 21.3. The Morgan fingerprint density at radius 3 is 1.38 bits per heavy atom. The zero-order valence-corrected chi connectivity index (χ0v) is 7.23. The highest BCUT2D eigenvalue weighted by Gasteiger charge is 2.13. The summed E-state index contributed by atoms with van der Waals surface area (Å²) in [6, 6.07) is 1.21. The molecule has 0 heterocycles. The van der Waals surface area contributed by atoms with Crippen molar-refractivity contribution in [3.63, 3.8) is 0 Å². The smallest absolute Gasteiger partial charge is 0.325 e. The average molecular weight is 146 g/mol. The Morgan fingerprint density at radius 2 is 1.25 bits per heavy atom. The third-order valence-electron chi connectivity index (χ3n) is 0.953. The highest BCUT2D eigenvalue weighted by molar-refractivity contribution is 7.07. The minimum Gasteiger partial charge on any atom is -0.385 e. The Bertz CT molecular complexity index is 96.6. The van der Waals surface area contributed by atoms with Crippen molar-refractivity contribution in [3.8, 4) is 0 Å². The van der Waals surface area contributed by atoms with Crippen LogP contribution in [0.3, 0.4) is 0 Å². The highest BCUT2D eigenvalue weighted by Crippen LogP contribution is 1.84. The fourth-order valence-corrected chi connectivity index (χ4v) is 3.55. The van der Waals surface area contributed by atoms with E-state index in [1.807, 2.05) is 13.8 Å². The lowest BCUT2D eigenvalue weighted by atomic mass is 11.0. The fraction of sp³-hybridized carbons (Fsp3) is 1.00. The molecule has 0 spiro atoms. The molecule has 4 heteroatoms. The van der Waals surface area contributed by atoms with E-state index < -0.39 is 16.4 Å². The van der Waals surface area contributed by atoms with Crippen LogP contribution in [-0.4, -0.2) is 16.4 Å². The van der Waals surface area contributed by atoms with Gasteiger partial charge in [0.2, 0.25) is 0 Å². The van der Waals surface area contributed by atoms with Gasteiger partial charge in [-0.25, -0.2) is 0 Å². The maximum Gasteiger partial charge on any atom is 0.325 e. The Labute approximate surface area is 52.0 Å². The predicted octanol–water partition coefficient (Wildman–Crippen LogP) is 0.949. The van der Waals surface area contributed by atoms with Gasteiger partial charge in [-0.1, -0.05) is 13.8 Å². The number of hydrogen-bond donors (Lipinski definition) is 0. The van der Waals surface area contributed by atoms with Crippen molar-refractivity contribution >= 4 is 16.4 Å². The van der Waals surface area contributed by atoms with Crippen LogP contribution in [0.4, 0.5) is 0 Å². The molecule has 0 aliphatic heterocycles. The topological polar surface area (TPSA) is 34.1 Å². The molecule has 0 saturated carbocycles. The van der Waals surface area contributed by atoms with E-state index in [1.165, 1.54) is 0 Å². The summed E-state index contributed by atoms with van der Waals surface area (Å²) in [6.45, 7) is 3.64. The van der Waals surface area contributed by atoms with Gasteiger partial charge in [-0.3, -0.25) is 0 Å². The molecule has 0 amide bonds. The number of rotatable bonds is 3. The summed E-state index contributed by atoms with van der Waals surface area (Å²) in [5, 5.41) is 0. The van der Waals surface area contributed by atoms with Crippen LogP contribution in [0.5, 0.6) is 0 Å². The van der Waals surface area contributed by atoms with Crippen molar-refractivity contribution < 1.29 is 8.92 Å². The van der Waals surface area contributed by atoms with Crippen LogP contribution in [0.1, 0.15) is 13.8 Å². The summed E-state index contributed by atoms with van der Waals surface area (Å²) in [6.07, 6.45) is 0. The van der Waals surface area contributed by atoms with Gasteiger partial charge in [-0.2, -0.15) is 0 Å². The lowest BCUT2D eigenvalue weighted by Gasteiger charge is -1.82. The van der Waals surface area contributed by atoms with E-state index in [2.05, 4.69) is 0 Å². The second-order valence-electron chi connectivity index (χ2n) is 1.55. The van der Waals surface area contributed by atoms with Gasteiger partial charge in [0.25, 0.3) is 0 Å². The van der Waals surface area contributed by atoms with E-state index in [1.54, 1.807) is 0 Å². The first-order valence-corrected chi connectivity index (χ1v) is 7.01. The molecule has 0 saturated heterocycles. The van der Waals surface area contributed by atoms with E-state index in [0.29, 0.717) is 12.1 Å². The zero-order chi connectivity index (χ0) is 6.57. The maximum atomic E-state index is 10.7. The van der Waals surface area contributed by atoms with Crippen LogP contribution in [0.25, 0.3) is 0 Å². The molecule has 0 N–H and O–H groups in total. The first kappa shape index (κ1) is 8.03. The molecular formula is C4H10O2Si2. The summed E-state index contributed by atoms with van der Waals surface area (Å²) in [5.74, 6) is 0. The van der Waals surface area contributed by atoms with Gasteiger partial charge in [0.15, 0.2) is 0 Å². The highest BCUT2D eigenvalue weighted by atomic mass is 29.2. The zero-order valence-electron chi connectivity index (χ0n) is 5.23. The largest absolute Gasteiger partial charge is 0.385 e. The minimum absolute atomic E-state index is 0.607. The maximum absolute atomic E-state index is 10.7. The predicted molar refractivity (Wildman–Crippen MR) is 33.8 cm³/mol. The molecule has 0 aromatic heterocycles. The Hall–Kier alpha value is 0.0338. The summed E-state index contributed by atoms with van der Waals surface area (Å²) in [5.41, 5.74) is 0. The van der Waals surface area contributed by atoms with E-state index in [9.17, 15) is 8.92 Å². The minimum atomic E-state index is -1.66. The standard InChI is InChI=1S/C4H10O2Si2/c1-3-7(5)8(6)4-2/h3-4H2,1-2H3. The fourth-order valence-electron chi connectivity index (χ4n) is 0.394. The molecule has 0 rings (SSSR count). The van der Waals surface area contributed by atoms with E-state index in [0.717, 1.165) is 0 Å². The SMILES string of the molecule is CC[Si](=O)[Si](=O)CC. The van der Waals surface area contributed by atoms with Crippen molar-refractivity contribution in [1.82, 2.24) is 0 Å². The van der Waals surface area contributed by atoms with Gasteiger partial charge in [-0.15, -0.1) is 0 Å². The molecule has 8 heavy (non-hydrogen) atoms. The Morgan fingerprint density at radius 1 is 1.00 bits per heavy atom. The van der Waals surface area contributed by atoms with E-state index in [-0.39, 0.29) is 0 Å². The normalized spacial score (nSPS) is 8.75. The molecule has 0 aliphatic carbocycles. The molecular weight excluding hydrogens is 136 g/mol. The molecule has 0 unspecified atom stereocenters. The van der Waals surface area contributed by atoms with Crippen LogP contribution >= 0.6 is 0 Å². The van der Waals surface area contributed by atoms with Gasteiger partial charge < -0.3 is 8.92 Å². The molecule has 46 valence electrons. The van der Waals surface area contributed by atoms with Crippen molar-refractivity contribution in [2.24, 2.45) is 0 Å². The molecule has 0 aliphatic rings. The van der Waals surface area contributed by atoms with E-state index >= 15 is 0 Å². The lowest BCUT2D eigenvalue weighted by molar-refractivity contribution is 0.547. The van der Waals surface area contributed by atoms with Crippen LogP contribution in [0.2, 0.25) is 12.1 Å². The van der Waals surface area contributed by atoms with Crippen molar-refractivity contribution in [2.75, 3.05) is 0 Å². The van der Waals surface area contributed by atoms with Gasteiger partial charge in [0.1, 0.15) is 0 Å². The van der Waals surface area contributed by atoms with Gasteiger partial charge >= 0.3 is 16.4 Å². The van der Waals surface area contributed by atoms with Gasteiger partial charge in [-0.05, 0) is 12.1 Å².